The molecule has 0 saturated heterocycles. The Kier molecular flexibility index (Phi) is 2.14. The molecular weight excluding hydrogens is 122 g/mol. The van der Waals surface area contributed by atoms with Gasteiger partial charge >= 0.3 is 0 Å². The molecule has 0 heterocycles. The Morgan fingerprint density at radius 2 is 2.30 bits per heavy atom. The fourth-order valence-electron chi connectivity index (χ4n) is 1.56. The van der Waals surface area contributed by atoms with E-state index in [-0.39, 0.29) is 0 Å². The predicted molar refractivity (Wildman–Crippen MR) is 44.8 cm³/mol. The second-order valence-corrected chi connectivity index (χ2v) is 3.95. The van der Waals surface area contributed by atoms with Crippen LogP contribution in [0.25, 0.3) is 0 Å². The van der Waals surface area contributed by atoms with Gasteiger partial charge in [-0.3, -0.25) is 0 Å². The van der Waals surface area contributed by atoms with Gasteiger partial charge in [0.15, 0.2) is 0 Å². The molecule has 0 fully saturated rings. The summed E-state index contributed by atoms with van der Waals surface area (Å²) in [4.78, 5) is 0. The zero-order chi connectivity index (χ0) is 7.61. The van der Waals surface area contributed by atoms with Gasteiger partial charge in [-0.25, -0.2) is 0 Å². The van der Waals surface area contributed by atoms with E-state index >= 15 is 0 Å². The zero-order valence-electron chi connectivity index (χ0n) is 6.98. The van der Waals surface area contributed by atoms with E-state index in [1.54, 1.807) is 5.57 Å². The third-order valence-corrected chi connectivity index (χ3v) is 2.11. The highest BCUT2D eigenvalue weighted by molar-refractivity contribution is 5.13. The lowest BCUT2D eigenvalue weighted by Crippen LogP contribution is -2.06. The fraction of sp³-hybridized carbons (Fsp3) is 0.778. The van der Waals surface area contributed by atoms with Crippen LogP contribution >= 0.6 is 0 Å². The number of hydrogen-bond acceptors (Lipinski definition) is 1. The van der Waals surface area contributed by atoms with Crippen LogP contribution in [-0.4, -0.2) is 6.54 Å². The Hall–Kier alpha value is -0.300. The Balaban J connectivity index is 2.39. The summed E-state index contributed by atoms with van der Waals surface area (Å²) in [5, 5.41) is 0. The van der Waals surface area contributed by atoms with Crippen molar-refractivity contribution in [3.63, 3.8) is 0 Å². The van der Waals surface area contributed by atoms with Crippen LogP contribution in [0, 0.1) is 5.41 Å². The highest BCUT2D eigenvalue weighted by Crippen LogP contribution is 2.37. The van der Waals surface area contributed by atoms with Crippen LogP contribution < -0.4 is 5.73 Å². The molecule has 10 heavy (non-hydrogen) atoms. The SMILES string of the molecule is CC1(C)CC=C(CCN)C1. The van der Waals surface area contributed by atoms with Gasteiger partial charge in [-0.2, -0.15) is 0 Å². The first-order chi connectivity index (χ1) is 4.64. The Bertz CT molecular complexity index is 145. The maximum atomic E-state index is 5.46. The van der Waals surface area contributed by atoms with E-state index in [1.807, 2.05) is 0 Å². The second-order valence-electron chi connectivity index (χ2n) is 3.95. The highest BCUT2D eigenvalue weighted by Gasteiger charge is 2.23. The Morgan fingerprint density at radius 3 is 2.70 bits per heavy atom. The Labute approximate surface area is 63.3 Å². The summed E-state index contributed by atoms with van der Waals surface area (Å²) in [6, 6.07) is 0. The lowest BCUT2D eigenvalue weighted by molar-refractivity contribution is 0.391. The van der Waals surface area contributed by atoms with Crippen LogP contribution in [0.3, 0.4) is 0 Å². The molecule has 1 heteroatoms. The molecule has 0 unspecified atom stereocenters. The first kappa shape index (κ1) is 7.80. The number of rotatable bonds is 2. The minimum Gasteiger partial charge on any atom is -0.330 e. The number of allylic oxidation sites excluding steroid dienone is 1. The summed E-state index contributed by atoms with van der Waals surface area (Å²) in [6.45, 7) is 5.43. The van der Waals surface area contributed by atoms with E-state index in [2.05, 4.69) is 19.9 Å². The zero-order valence-corrected chi connectivity index (χ0v) is 6.98. The molecule has 2 N–H and O–H groups in total. The quantitative estimate of drug-likeness (QED) is 0.582. The van der Waals surface area contributed by atoms with Gasteiger partial charge in [0, 0.05) is 0 Å². The first-order valence-corrected chi connectivity index (χ1v) is 4.02. The van der Waals surface area contributed by atoms with Crippen molar-refractivity contribution < 1.29 is 0 Å². The molecule has 0 radical (unpaired) electrons. The van der Waals surface area contributed by atoms with E-state index in [0.29, 0.717) is 5.41 Å². The van der Waals surface area contributed by atoms with E-state index in [9.17, 15) is 0 Å². The van der Waals surface area contributed by atoms with Crippen molar-refractivity contribution >= 4 is 0 Å². The molecule has 1 aliphatic carbocycles. The molecular formula is C9H17N. The van der Waals surface area contributed by atoms with Crippen molar-refractivity contribution in [1.29, 1.82) is 0 Å². The maximum Gasteiger partial charge on any atom is -0.00399 e. The molecule has 58 valence electrons. The maximum absolute atomic E-state index is 5.46. The molecule has 1 nitrogen and oxygen atoms in total. The topological polar surface area (TPSA) is 26.0 Å². The van der Waals surface area contributed by atoms with Crippen LogP contribution in [0.5, 0.6) is 0 Å². The molecule has 0 atom stereocenters. The summed E-state index contributed by atoms with van der Waals surface area (Å²) in [6.07, 6.45) is 5.95. The van der Waals surface area contributed by atoms with E-state index < -0.39 is 0 Å². The van der Waals surface area contributed by atoms with E-state index in [4.69, 9.17) is 5.73 Å². The van der Waals surface area contributed by atoms with Crippen molar-refractivity contribution in [3.8, 4) is 0 Å². The molecule has 0 spiro atoms. The van der Waals surface area contributed by atoms with E-state index in [0.717, 1.165) is 13.0 Å². The molecule has 1 rings (SSSR count). The molecule has 0 aromatic rings. The van der Waals surface area contributed by atoms with Gasteiger partial charge in [0.1, 0.15) is 0 Å². The van der Waals surface area contributed by atoms with Crippen LogP contribution in [0.2, 0.25) is 0 Å². The number of hydrogen-bond donors (Lipinski definition) is 1. The molecule has 1 aliphatic rings. The van der Waals surface area contributed by atoms with Gasteiger partial charge < -0.3 is 5.73 Å². The van der Waals surface area contributed by atoms with E-state index in [1.165, 1.54) is 12.8 Å². The Morgan fingerprint density at radius 1 is 1.60 bits per heavy atom. The molecule has 0 aliphatic heterocycles. The minimum absolute atomic E-state index is 0.518. The molecule has 0 saturated carbocycles. The van der Waals surface area contributed by atoms with Gasteiger partial charge in [-0.05, 0) is 31.2 Å². The van der Waals surface area contributed by atoms with Gasteiger partial charge in [0.05, 0.1) is 0 Å². The first-order valence-electron chi connectivity index (χ1n) is 4.02. The minimum atomic E-state index is 0.518. The summed E-state index contributed by atoms with van der Waals surface area (Å²) >= 11 is 0. The van der Waals surface area contributed by atoms with Gasteiger partial charge in [0.25, 0.3) is 0 Å². The van der Waals surface area contributed by atoms with Crippen molar-refractivity contribution in [3.05, 3.63) is 11.6 Å². The molecule has 0 bridgehead atoms. The van der Waals surface area contributed by atoms with Gasteiger partial charge in [-0.15, -0.1) is 0 Å². The van der Waals surface area contributed by atoms with Crippen LogP contribution in [-0.2, 0) is 0 Å². The fourth-order valence-corrected chi connectivity index (χ4v) is 1.56. The van der Waals surface area contributed by atoms with Crippen LogP contribution in [0.4, 0.5) is 0 Å². The van der Waals surface area contributed by atoms with Crippen molar-refractivity contribution in [2.75, 3.05) is 6.54 Å². The van der Waals surface area contributed by atoms with Crippen LogP contribution in [0.1, 0.15) is 33.1 Å². The van der Waals surface area contributed by atoms with Crippen LogP contribution in [0.15, 0.2) is 11.6 Å². The van der Waals surface area contributed by atoms with Crippen molar-refractivity contribution in [1.82, 2.24) is 0 Å². The van der Waals surface area contributed by atoms with Crippen molar-refractivity contribution in [2.24, 2.45) is 11.1 Å². The predicted octanol–water partition coefficient (Wildman–Crippen LogP) is 2.08. The molecule has 0 amide bonds. The summed E-state index contributed by atoms with van der Waals surface area (Å²) < 4.78 is 0. The largest absolute Gasteiger partial charge is 0.330 e. The smallest absolute Gasteiger partial charge is 0.00399 e. The number of nitrogens with two attached hydrogens (primary N) is 1. The monoisotopic (exact) mass is 139 g/mol. The molecule has 0 aromatic carbocycles. The normalized spacial score (nSPS) is 22.9. The average molecular weight is 139 g/mol. The lowest BCUT2D eigenvalue weighted by atomic mass is 9.89. The lowest BCUT2D eigenvalue weighted by Gasteiger charge is -2.16. The van der Waals surface area contributed by atoms with Gasteiger partial charge in [-0.1, -0.05) is 25.5 Å². The van der Waals surface area contributed by atoms with Crippen molar-refractivity contribution in [2.45, 2.75) is 33.1 Å². The van der Waals surface area contributed by atoms with Gasteiger partial charge in [0.2, 0.25) is 0 Å². The molecule has 0 aromatic heterocycles. The summed E-state index contributed by atoms with van der Waals surface area (Å²) in [5.41, 5.74) is 7.54. The summed E-state index contributed by atoms with van der Waals surface area (Å²) in [5.74, 6) is 0. The highest BCUT2D eigenvalue weighted by atomic mass is 14.5. The summed E-state index contributed by atoms with van der Waals surface area (Å²) in [7, 11) is 0. The standard InChI is InChI=1S/C9H17N/c1-9(2)5-3-8(7-9)4-6-10/h3H,4-7,10H2,1-2H3. The third-order valence-electron chi connectivity index (χ3n) is 2.11. The average Bonchev–Trinajstić information content (AvgIpc) is 2.12. The second kappa shape index (κ2) is 2.75. The third kappa shape index (κ3) is 1.84.